The van der Waals surface area contributed by atoms with Crippen LogP contribution in [-0.2, 0) is 6.42 Å². The van der Waals surface area contributed by atoms with Gasteiger partial charge in [-0.05, 0) is 35.9 Å². The predicted molar refractivity (Wildman–Crippen MR) is 79.9 cm³/mol. The number of anilines is 1. The Morgan fingerprint density at radius 2 is 2.19 bits per heavy atom. The third kappa shape index (κ3) is 2.85. The summed E-state index contributed by atoms with van der Waals surface area (Å²) in [5.41, 5.74) is 1.53. The van der Waals surface area contributed by atoms with E-state index in [1.165, 1.54) is 18.2 Å². The number of ether oxygens (including phenoxy) is 1. The van der Waals surface area contributed by atoms with Gasteiger partial charge < -0.3 is 10.1 Å². The molecule has 0 aromatic heterocycles. The molecule has 0 radical (unpaired) electrons. The van der Waals surface area contributed by atoms with E-state index in [1.807, 2.05) is 6.07 Å². The second-order valence-corrected chi connectivity index (χ2v) is 5.23. The Bertz CT molecular complexity index is 703. The van der Waals surface area contributed by atoms with Crippen LogP contribution >= 0.6 is 11.6 Å². The highest BCUT2D eigenvalue weighted by Gasteiger charge is 2.20. The van der Waals surface area contributed by atoms with Crippen molar-refractivity contribution in [3.05, 3.63) is 58.4 Å². The molecule has 5 heteroatoms. The van der Waals surface area contributed by atoms with Crippen molar-refractivity contribution >= 4 is 23.1 Å². The van der Waals surface area contributed by atoms with Crippen LogP contribution in [0.2, 0.25) is 5.02 Å². The lowest BCUT2D eigenvalue weighted by Gasteiger charge is -2.21. The molecule has 108 valence electrons. The molecule has 2 aromatic carbocycles. The zero-order valence-electron chi connectivity index (χ0n) is 11.2. The van der Waals surface area contributed by atoms with Gasteiger partial charge in [0, 0.05) is 18.0 Å². The van der Waals surface area contributed by atoms with Gasteiger partial charge in [0.25, 0.3) is 0 Å². The van der Waals surface area contributed by atoms with Crippen molar-refractivity contribution in [1.82, 2.24) is 0 Å². The first-order valence-corrected chi connectivity index (χ1v) is 7.00. The van der Waals surface area contributed by atoms with E-state index in [2.05, 4.69) is 5.32 Å². The van der Waals surface area contributed by atoms with Gasteiger partial charge in [-0.1, -0.05) is 17.7 Å². The van der Waals surface area contributed by atoms with Crippen molar-refractivity contribution in [1.29, 1.82) is 0 Å². The predicted octanol–water partition coefficient (Wildman–Crippen LogP) is 3.71. The van der Waals surface area contributed by atoms with E-state index in [0.29, 0.717) is 29.5 Å². The van der Waals surface area contributed by atoms with Crippen LogP contribution in [0, 0.1) is 5.82 Å². The summed E-state index contributed by atoms with van der Waals surface area (Å²) >= 11 is 5.85. The summed E-state index contributed by atoms with van der Waals surface area (Å²) in [6.07, 6.45) is -0.0494. The van der Waals surface area contributed by atoms with Crippen molar-refractivity contribution in [3.8, 4) is 5.75 Å². The molecule has 0 bridgehead atoms. The largest absolute Gasteiger partial charge is 0.489 e. The van der Waals surface area contributed by atoms with Gasteiger partial charge in [0.15, 0.2) is 11.5 Å². The number of carbonyl (C=O) groups excluding carboxylic acids is 1. The molecule has 0 saturated heterocycles. The molecule has 1 N–H and O–H groups in total. The molecule has 3 nitrogen and oxygen atoms in total. The summed E-state index contributed by atoms with van der Waals surface area (Å²) in [5.74, 6) is -0.0931. The minimum atomic E-state index is -0.434. The Morgan fingerprint density at radius 3 is 3.05 bits per heavy atom. The van der Waals surface area contributed by atoms with E-state index in [4.69, 9.17) is 16.3 Å². The standard InChI is InChI=1S/C16H13ClFNO2/c17-11-4-5-13(18)10(8-11)9-15(20)12-2-1-3-14-16(12)21-7-6-19-14/h1-5,8,19H,6-7,9H2. The Labute approximate surface area is 126 Å². The van der Waals surface area contributed by atoms with Gasteiger partial charge in [-0.2, -0.15) is 0 Å². The van der Waals surface area contributed by atoms with Crippen molar-refractivity contribution in [2.45, 2.75) is 6.42 Å². The second kappa shape index (κ2) is 5.74. The van der Waals surface area contributed by atoms with E-state index in [1.54, 1.807) is 12.1 Å². The molecular weight excluding hydrogens is 293 g/mol. The maximum Gasteiger partial charge on any atom is 0.171 e. The molecule has 2 aromatic rings. The number of rotatable bonds is 3. The van der Waals surface area contributed by atoms with Crippen LogP contribution in [0.15, 0.2) is 36.4 Å². The number of halogens is 2. The van der Waals surface area contributed by atoms with Gasteiger partial charge in [0.05, 0.1) is 11.3 Å². The molecule has 1 aliphatic heterocycles. The van der Waals surface area contributed by atoms with Crippen LogP contribution in [0.5, 0.6) is 5.75 Å². The quantitative estimate of drug-likeness (QED) is 0.879. The minimum Gasteiger partial charge on any atom is -0.489 e. The fraction of sp³-hybridized carbons (Fsp3) is 0.188. The van der Waals surface area contributed by atoms with Crippen LogP contribution in [-0.4, -0.2) is 18.9 Å². The lowest BCUT2D eigenvalue weighted by molar-refractivity contribution is 0.0988. The van der Waals surface area contributed by atoms with Crippen molar-refractivity contribution in [2.75, 3.05) is 18.5 Å². The summed E-state index contributed by atoms with van der Waals surface area (Å²) in [6, 6.07) is 9.53. The van der Waals surface area contributed by atoms with Gasteiger partial charge in [-0.3, -0.25) is 4.79 Å². The van der Waals surface area contributed by atoms with Gasteiger partial charge in [-0.25, -0.2) is 4.39 Å². The second-order valence-electron chi connectivity index (χ2n) is 4.79. The fourth-order valence-corrected chi connectivity index (χ4v) is 2.53. The Morgan fingerprint density at radius 1 is 1.33 bits per heavy atom. The Balaban J connectivity index is 1.91. The van der Waals surface area contributed by atoms with Crippen LogP contribution in [0.4, 0.5) is 10.1 Å². The third-order valence-electron chi connectivity index (χ3n) is 3.34. The zero-order valence-corrected chi connectivity index (χ0v) is 11.9. The van der Waals surface area contributed by atoms with E-state index in [0.717, 1.165) is 5.69 Å². The number of benzene rings is 2. The molecule has 21 heavy (non-hydrogen) atoms. The first kappa shape index (κ1) is 13.9. The SMILES string of the molecule is O=C(Cc1cc(Cl)ccc1F)c1cccc2c1OCCN2. The van der Waals surface area contributed by atoms with E-state index in [-0.39, 0.29) is 17.8 Å². The average molecular weight is 306 g/mol. The topological polar surface area (TPSA) is 38.3 Å². The summed E-state index contributed by atoms with van der Waals surface area (Å²) in [7, 11) is 0. The van der Waals surface area contributed by atoms with Crippen molar-refractivity contribution < 1.29 is 13.9 Å². The summed E-state index contributed by atoms with van der Waals surface area (Å²) in [4.78, 5) is 12.4. The molecule has 3 rings (SSSR count). The molecule has 0 fully saturated rings. The maximum atomic E-state index is 13.7. The number of Topliss-reactive ketones (excluding diaryl/α,β-unsaturated/α-hetero) is 1. The number of para-hydroxylation sites is 1. The van der Waals surface area contributed by atoms with Gasteiger partial charge in [0.1, 0.15) is 12.4 Å². The summed E-state index contributed by atoms with van der Waals surface area (Å²) in [6.45, 7) is 1.20. The Hall–Kier alpha value is -2.07. The van der Waals surface area contributed by atoms with Gasteiger partial charge in [0.2, 0.25) is 0 Å². The number of ketones is 1. The third-order valence-corrected chi connectivity index (χ3v) is 3.57. The molecule has 0 unspecified atom stereocenters. The number of nitrogens with one attached hydrogen (secondary N) is 1. The first-order valence-electron chi connectivity index (χ1n) is 6.62. The minimum absolute atomic E-state index is 0.0494. The van der Waals surface area contributed by atoms with E-state index in [9.17, 15) is 9.18 Å². The number of fused-ring (bicyclic) bond motifs is 1. The lowest BCUT2D eigenvalue weighted by atomic mass is 10.0. The summed E-state index contributed by atoms with van der Waals surface area (Å²) in [5, 5.41) is 3.58. The van der Waals surface area contributed by atoms with Gasteiger partial charge in [-0.15, -0.1) is 0 Å². The molecule has 1 aliphatic rings. The number of hydrogen-bond donors (Lipinski definition) is 1. The number of carbonyl (C=O) groups is 1. The highest BCUT2D eigenvalue weighted by atomic mass is 35.5. The van der Waals surface area contributed by atoms with Crippen LogP contribution in [0.1, 0.15) is 15.9 Å². The maximum absolute atomic E-state index is 13.7. The molecular formula is C16H13ClFNO2. The van der Waals surface area contributed by atoms with Crippen molar-refractivity contribution in [2.24, 2.45) is 0 Å². The van der Waals surface area contributed by atoms with E-state index < -0.39 is 5.82 Å². The monoisotopic (exact) mass is 305 g/mol. The zero-order chi connectivity index (χ0) is 14.8. The molecule has 1 heterocycles. The molecule has 0 aliphatic carbocycles. The molecule has 0 spiro atoms. The van der Waals surface area contributed by atoms with Crippen molar-refractivity contribution in [3.63, 3.8) is 0 Å². The highest BCUT2D eigenvalue weighted by molar-refractivity contribution is 6.30. The normalized spacial score (nSPS) is 13.0. The molecule has 0 amide bonds. The number of hydrogen-bond acceptors (Lipinski definition) is 3. The van der Waals surface area contributed by atoms with Crippen LogP contribution < -0.4 is 10.1 Å². The fourth-order valence-electron chi connectivity index (χ4n) is 2.34. The van der Waals surface area contributed by atoms with Crippen LogP contribution in [0.3, 0.4) is 0 Å². The van der Waals surface area contributed by atoms with Gasteiger partial charge >= 0.3 is 0 Å². The lowest BCUT2D eigenvalue weighted by Crippen LogP contribution is -2.20. The highest BCUT2D eigenvalue weighted by Crippen LogP contribution is 2.32. The first-order chi connectivity index (χ1) is 10.1. The molecule has 0 atom stereocenters. The average Bonchev–Trinajstić information content (AvgIpc) is 2.50. The smallest absolute Gasteiger partial charge is 0.171 e. The molecule has 0 saturated carbocycles. The van der Waals surface area contributed by atoms with E-state index >= 15 is 0 Å². The van der Waals surface area contributed by atoms with Crippen LogP contribution in [0.25, 0.3) is 0 Å². The Kier molecular flexibility index (Phi) is 3.80. The summed E-state index contributed by atoms with van der Waals surface area (Å²) < 4.78 is 19.3.